The highest BCUT2D eigenvalue weighted by atomic mass is 79.9. The van der Waals surface area contributed by atoms with Gasteiger partial charge in [0.2, 0.25) is 5.91 Å². The van der Waals surface area contributed by atoms with Gasteiger partial charge in [-0.15, -0.1) is 11.8 Å². The number of benzene rings is 2. The van der Waals surface area contributed by atoms with Gasteiger partial charge in [-0.2, -0.15) is 0 Å². The van der Waals surface area contributed by atoms with E-state index in [-0.39, 0.29) is 11.2 Å². The van der Waals surface area contributed by atoms with Crippen molar-refractivity contribution in [2.45, 2.75) is 31.8 Å². The molecule has 2 nitrogen and oxygen atoms in total. The van der Waals surface area contributed by atoms with Crippen molar-refractivity contribution in [1.82, 2.24) is 0 Å². The lowest BCUT2D eigenvalue weighted by molar-refractivity contribution is -0.115. The largest absolute Gasteiger partial charge is 0.325 e. The predicted octanol–water partition coefficient (Wildman–Crippen LogP) is 5.33. The van der Waals surface area contributed by atoms with E-state index in [1.54, 1.807) is 11.8 Å². The average Bonchev–Trinajstić information content (AvgIpc) is 2.51. The van der Waals surface area contributed by atoms with Crippen LogP contribution in [-0.2, 0) is 10.5 Å². The van der Waals surface area contributed by atoms with E-state index >= 15 is 0 Å². The van der Waals surface area contributed by atoms with E-state index in [0.717, 1.165) is 21.5 Å². The molecule has 22 heavy (non-hydrogen) atoms. The van der Waals surface area contributed by atoms with Crippen LogP contribution in [0.2, 0.25) is 0 Å². The molecule has 2 aromatic rings. The fraction of sp³-hybridized carbons (Fsp3) is 0.278. The summed E-state index contributed by atoms with van der Waals surface area (Å²) in [4.78, 5) is 12.3. The lowest BCUT2D eigenvalue weighted by Gasteiger charge is -2.14. The number of halogens is 1. The highest BCUT2D eigenvalue weighted by Gasteiger charge is 2.14. The van der Waals surface area contributed by atoms with Crippen molar-refractivity contribution >= 4 is 39.3 Å². The van der Waals surface area contributed by atoms with E-state index in [2.05, 4.69) is 46.4 Å². The molecule has 0 saturated carbocycles. The Labute approximate surface area is 144 Å². The predicted molar refractivity (Wildman–Crippen MR) is 99.4 cm³/mol. The molecule has 1 amide bonds. The van der Waals surface area contributed by atoms with Crippen molar-refractivity contribution in [1.29, 1.82) is 0 Å². The maximum absolute atomic E-state index is 12.3. The number of carbonyl (C=O) groups excluding carboxylic acids is 1. The zero-order valence-electron chi connectivity index (χ0n) is 13.0. The van der Waals surface area contributed by atoms with Gasteiger partial charge in [-0.25, -0.2) is 0 Å². The van der Waals surface area contributed by atoms with Crippen LogP contribution in [0.1, 0.15) is 23.6 Å². The zero-order valence-corrected chi connectivity index (χ0v) is 15.4. The normalized spacial score (nSPS) is 12.0. The first kappa shape index (κ1) is 17.1. The molecule has 0 heterocycles. The Morgan fingerprint density at radius 1 is 1.18 bits per heavy atom. The summed E-state index contributed by atoms with van der Waals surface area (Å²) in [6.45, 7) is 6.03. The van der Waals surface area contributed by atoms with Gasteiger partial charge in [0.15, 0.2) is 0 Å². The van der Waals surface area contributed by atoms with Gasteiger partial charge in [-0.3, -0.25) is 4.79 Å². The highest BCUT2D eigenvalue weighted by Crippen LogP contribution is 2.22. The second kappa shape index (κ2) is 7.84. The van der Waals surface area contributed by atoms with Crippen LogP contribution in [0.5, 0.6) is 0 Å². The van der Waals surface area contributed by atoms with Crippen LogP contribution in [0.3, 0.4) is 0 Å². The second-order valence-corrected chi connectivity index (χ2v) is 7.56. The van der Waals surface area contributed by atoms with Gasteiger partial charge in [-0.05, 0) is 55.7 Å². The molecule has 0 aliphatic heterocycles. The second-order valence-electron chi connectivity index (χ2n) is 5.32. The molecule has 0 aromatic heterocycles. The maximum Gasteiger partial charge on any atom is 0.237 e. The van der Waals surface area contributed by atoms with Crippen LogP contribution in [0, 0.1) is 13.8 Å². The van der Waals surface area contributed by atoms with Crippen molar-refractivity contribution in [3.8, 4) is 0 Å². The minimum Gasteiger partial charge on any atom is -0.325 e. The number of hydrogen-bond donors (Lipinski definition) is 1. The lowest BCUT2D eigenvalue weighted by atomic mass is 10.1. The molecular formula is C18H20BrNOS. The molecule has 0 saturated heterocycles. The minimum atomic E-state index is -0.0939. The average molecular weight is 378 g/mol. The number of rotatable bonds is 5. The van der Waals surface area contributed by atoms with Crippen molar-refractivity contribution < 1.29 is 4.79 Å². The third-order valence-electron chi connectivity index (χ3n) is 3.64. The molecule has 2 rings (SSSR count). The number of nitrogens with one attached hydrogen (secondary N) is 1. The van der Waals surface area contributed by atoms with Gasteiger partial charge >= 0.3 is 0 Å². The number of hydrogen-bond acceptors (Lipinski definition) is 2. The molecule has 0 unspecified atom stereocenters. The Hall–Kier alpha value is -1.26. The van der Waals surface area contributed by atoms with Crippen molar-refractivity contribution in [3.63, 3.8) is 0 Å². The molecule has 1 atom stereocenters. The Kier molecular flexibility index (Phi) is 6.09. The van der Waals surface area contributed by atoms with Crippen molar-refractivity contribution in [2.24, 2.45) is 0 Å². The SMILES string of the molecule is Cc1cccc(NC(=O)[C@H](C)SCc2ccc(Br)cc2)c1C. The smallest absolute Gasteiger partial charge is 0.237 e. The van der Waals surface area contributed by atoms with Crippen LogP contribution in [0.15, 0.2) is 46.9 Å². The molecule has 4 heteroatoms. The van der Waals surface area contributed by atoms with Crippen LogP contribution >= 0.6 is 27.7 Å². The van der Waals surface area contributed by atoms with Crippen molar-refractivity contribution in [3.05, 3.63) is 63.6 Å². The number of amides is 1. The summed E-state index contributed by atoms with van der Waals surface area (Å²) in [5.74, 6) is 0.880. The standard InChI is InChI=1S/C18H20BrNOS/c1-12-5-4-6-17(13(12)2)20-18(21)14(3)22-11-15-7-9-16(19)10-8-15/h4-10,14H,11H2,1-3H3,(H,20,21)/t14-/m0/s1. The Balaban J connectivity index is 1.92. The van der Waals surface area contributed by atoms with E-state index in [1.807, 2.05) is 38.1 Å². The van der Waals surface area contributed by atoms with Gasteiger partial charge in [0.25, 0.3) is 0 Å². The first-order valence-electron chi connectivity index (χ1n) is 7.20. The third-order valence-corrected chi connectivity index (χ3v) is 5.39. The first-order valence-corrected chi connectivity index (χ1v) is 9.04. The molecule has 2 aromatic carbocycles. The monoisotopic (exact) mass is 377 g/mol. The zero-order chi connectivity index (χ0) is 16.1. The summed E-state index contributed by atoms with van der Waals surface area (Å²) >= 11 is 5.07. The van der Waals surface area contributed by atoms with E-state index < -0.39 is 0 Å². The quantitative estimate of drug-likeness (QED) is 0.762. The summed E-state index contributed by atoms with van der Waals surface area (Å²) in [5.41, 5.74) is 4.44. The van der Waals surface area contributed by atoms with Gasteiger partial charge < -0.3 is 5.32 Å². The molecule has 0 aliphatic rings. The lowest BCUT2D eigenvalue weighted by Crippen LogP contribution is -2.23. The van der Waals surface area contributed by atoms with Crippen molar-refractivity contribution in [2.75, 3.05) is 5.32 Å². The first-order chi connectivity index (χ1) is 10.5. The number of carbonyl (C=O) groups is 1. The molecule has 0 spiro atoms. The van der Waals surface area contributed by atoms with Crippen LogP contribution in [0.4, 0.5) is 5.69 Å². The summed E-state index contributed by atoms with van der Waals surface area (Å²) < 4.78 is 1.07. The van der Waals surface area contributed by atoms with Crippen LogP contribution in [-0.4, -0.2) is 11.2 Å². The van der Waals surface area contributed by atoms with E-state index in [1.165, 1.54) is 11.1 Å². The maximum atomic E-state index is 12.3. The van der Waals surface area contributed by atoms with Gasteiger partial charge in [-0.1, -0.05) is 40.2 Å². The highest BCUT2D eigenvalue weighted by molar-refractivity contribution is 9.10. The number of thioether (sulfide) groups is 1. The fourth-order valence-corrected chi connectivity index (χ4v) is 3.11. The van der Waals surface area contributed by atoms with Gasteiger partial charge in [0.05, 0.1) is 5.25 Å². The summed E-state index contributed by atoms with van der Waals surface area (Å²) in [6, 6.07) is 14.2. The van der Waals surface area contributed by atoms with Crippen LogP contribution < -0.4 is 5.32 Å². The number of aryl methyl sites for hydroxylation is 1. The molecule has 116 valence electrons. The summed E-state index contributed by atoms with van der Waals surface area (Å²) in [7, 11) is 0. The fourth-order valence-electron chi connectivity index (χ4n) is 2.00. The Morgan fingerprint density at radius 2 is 1.86 bits per heavy atom. The third kappa shape index (κ3) is 4.62. The molecule has 0 bridgehead atoms. The molecule has 0 radical (unpaired) electrons. The number of anilines is 1. The summed E-state index contributed by atoms with van der Waals surface area (Å²) in [5, 5.41) is 2.93. The van der Waals surface area contributed by atoms with E-state index in [4.69, 9.17) is 0 Å². The van der Waals surface area contributed by atoms with E-state index in [9.17, 15) is 4.79 Å². The molecule has 0 aliphatic carbocycles. The molecule has 0 fully saturated rings. The van der Waals surface area contributed by atoms with E-state index in [0.29, 0.717) is 0 Å². The summed E-state index contributed by atoms with van der Waals surface area (Å²) in [6.07, 6.45) is 0. The topological polar surface area (TPSA) is 29.1 Å². The molecular weight excluding hydrogens is 358 g/mol. The van der Waals surface area contributed by atoms with Crippen LogP contribution in [0.25, 0.3) is 0 Å². The Bertz CT molecular complexity index is 655. The Morgan fingerprint density at radius 3 is 2.55 bits per heavy atom. The minimum absolute atomic E-state index is 0.0517. The van der Waals surface area contributed by atoms with Gasteiger partial charge in [0, 0.05) is 15.9 Å². The van der Waals surface area contributed by atoms with Gasteiger partial charge in [0.1, 0.15) is 0 Å². The molecule has 1 N–H and O–H groups in total.